The van der Waals surface area contributed by atoms with Crippen LogP contribution < -0.4 is 0 Å². The SMILES string of the molecule is CCC1CC=NC=C(C(O)(CC)N(C)C2COC3(CCN(C(=O)O[C@H](CO)C(F)(F)F)CC3)C2)C1. The Kier molecular flexibility index (Phi) is 8.88. The maximum atomic E-state index is 12.8. The Morgan fingerprint density at radius 1 is 1.37 bits per heavy atom. The zero-order valence-corrected chi connectivity index (χ0v) is 20.8. The fourth-order valence-corrected chi connectivity index (χ4v) is 5.30. The van der Waals surface area contributed by atoms with Crippen LogP contribution in [0.1, 0.15) is 58.8 Å². The summed E-state index contributed by atoms with van der Waals surface area (Å²) in [6, 6.07) is -0.0596. The van der Waals surface area contributed by atoms with Gasteiger partial charge in [0.15, 0.2) is 0 Å². The number of aliphatic hydroxyl groups excluding tert-OH is 1. The van der Waals surface area contributed by atoms with E-state index in [0.717, 1.165) is 24.8 Å². The number of piperidine rings is 1. The lowest BCUT2D eigenvalue weighted by Crippen LogP contribution is -2.54. The van der Waals surface area contributed by atoms with Crippen molar-refractivity contribution in [2.24, 2.45) is 10.9 Å². The number of ether oxygens (including phenoxy) is 2. The van der Waals surface area contributed by atoms with Crippen molar-refractivity contribution in [1.29, 1.82) is 0 Å². The van der Waals surface area contributed by atoms with Crippen molar-refractivity contribution in [3.8, 4) is 0 Å². The van der Waals surface area contributed by atoms with E-state index in [2.05, 4.69) is 16.7 Å². The Morgan fingerprint density at radius 3 is 2.63 bits per heavy atom. The van der Waals surface area contributed by atoms with Crippen LogP contribution >= 0.6 is 0 Å². The van der Waals surface area contributed by atoms with E-state index >= 15 is 0 Å². The van der Waals surface area contributed by atoms with Gasteiger partial charge in [0.25, 0.3) is 0 Å². The number of nitrogens with zero attached hydrogens (tertiary/aromatic N) is 3. The number of alkyl halides is 3. The summed E-state index contributed by atoms with van der Waals surface area (Å²) in [5, 5.41) is 20.6. The molecule has 1 amide bonds. The summed E-state index contributed by atoms with van der Waals surface area (Å²) in [4.78, 5) is 19.8. The van der Waals surface area contributed by atoms with Gasteiger partial charge in [0.1, 0.15) is 5.72 Å². The minimum absolute atomic E-state index is 0.0596. The molecule has 3 heterocycles. The van der Waals surface area contributed by atoms with Crippen molar-refractivity contribution in [2.45, 2.75) is 88.4 Å². The van der Waals surface area contributed by atoms with Crippen LogP contribution in [0, 0.1) is 5.92 Å². The van der Waals surface area contributed by atoms with E-state index in [1.165, 1.54) is 4.90 Å². The van der Waals surface area contributed by atoms with Gasteiger partial charge >= 0.3 is 12.3 Å². The van der Waals surface area contributed by atoms with Crippen molar-refractivity contribution in [2.75, 3.05) is 33.4 Å². The molecule has 0 bridgehead atoms. The first-order valence-corrected chi connectivity index (χ1v) is 12.4. The Balaban J connectivity index is 1.61. The zero-order valence-electron chi connectivity index (χ0n) is 20.8. The highest BCUT2D eigenvalue weighted by Gasteiger charge is 2.49. The van der Waals surface area contributed by atoms with Crippen LogP contribution in [-0.2, 0) is 9.47 Å². The molecule has 4 atom stereocenters. The number of hydrogen-bond donors (Lipinski definition) is 2. The molecule has 1 spiro atoms. The Labute approximate surface area is 204 Å². The van der Waals surface area contributed by atoms with Gasteiger partial charge in [-0.3, -0.25) is 9.89 Å². The van der Waals surface area contributed by atoms with Crippen LogP contribution in [-0.4, -0.2) is 95.3 Å². The number of aliphatic hydroxyl groups is 2. The Bertz CT molecular complexity index is 798. The highest BCUT2D eigenvalue weighted by atomic mass is 19.4. The van der Waals surface area contributed by atoms with E-state index in [-0.39, 0.29) is 19.1 Å². The Morgan fingerprint density at radius 2 is 2.06 bits per heavy atom. The predicted octanol–water partition coefficient (Wildman–Crippen LogP) is 3.47. The van der Waals surface area contributed by atoms with Gasteiger partial charge in [-0.15, -0.1) is 0 Å². The summed E-state index contributed by atoms with van der Waals surface area (Å²) in [5.41, 5.74) is -0.771. The van der Waals surface area contributed by atoms with Gasteiger partial charge in [0.05, 0.1) is 18.8 Å². The third kappa shape index (κ3) is 6.18. The first-order valence-electron chi connectivity index (χ1n) is 12.4. The second-order valence-corrected chi connectivity index (χ2v) is 9.92. The monoisotopic (exact) mass is 505 g/mol. The summed E-state index contributed by atoms with van der Waals surface area (Å²) in [6.07, 6.45) is -0.0436. The topological polar surface area (TPSA) is 94.8 Å². The van der Waals surface area contributed by atoms with Crippen LogP contribution in [0.2, 0.25) is 0 Å². The number of carbonyl (C=O) groups is 1. The molecule has 0 aromatic rings. The molecule has 2 N–H and O–H groups in total. The van der Waals surface area contributed by atoms with Gasteiger partial charge in [-0.1, -0.05) is 20.3 Å². The number of amides is 1. The molecule has 11 heteroatoms. The molecule has 0 saturated carbocycles. The summed E-state index contributed by atoms with van der Waals surface area (Å²) in [5.74, 6) is 0.428. The van der Waals surface area contributed by atoms with Crippen molar-refractivity contribution in [1.82, 2.24) is 9.80 Å². The fraction of sp³-hybridized carbons (Fsp3) is 0.833. The van der Waals surface area contributed by atoms with Crippen molar-refractivity contribution < 1.29 is 37.7 Å². The van der Waals surface area contributed by atoms with E-state index in [0.29, 0.717) is 38.2 Å². The second-order valence-electron chi connectivity index (χ2n) is 9.92. The molecule has 3 rings (SSSR count). The van der Waals surface area contributed by atoms with Gasteiger partial charge in [0.2, 0.25) is 6.10 Å². The smallest absolute Gasteiger partial charge is 0.427 e. The van der Waals surface area contributed by atoms with E-state index in [1.807, 2.05) is 25.1 Å². The third-order valence-corrected chi connectivity index (χ3v) is 7.90. The lowest BCUT2D eigenvalue weighted by Gasteiger charge is -2.43. The average Bonchev–Trinajstić information content (AvgIpc) is 3.08. The van der Waals surface area contributed by atoms with E-state index < -0.39 is 36.3 Å². The van der Waals surface area contributed by atoms with Crippen LogP contribution in [0.4, 0.5) is 18.0 Å². The molecule has 200 valence electrons. The quantitative estimate of drug-likeness (QED) is 0.515. The first-order chi connectivity index (χ1) is 16.5. The lowest BCUT2D eigenvalue weighted by atomic mass is 9.84. The standard InChI is InChI=1S/C24H38F3N3O5/c1-4-17-6-9-28-14-18(12-17)23(33,5-2)29(3)19-13-22(34-16-19)7-10-30(11-8-22)21(32)35-20(15-31)24(25,26)27/h9,14,17,19-20,31,33H,4-8,10-13,15-16H2,1-3H3/t17?,19?,20-,23?/m1/s1. The van der Waals surface area contributed by atoms with E-state index in [9.17, 15) is 23.1 Å². The highest BCUT2D eigenvalue weighted by molar-refractivity contribution is 5.68. The summed E-state index contributed by atoms with van der Waals surface area (Å²) >= 11 is 0. The third-order valence-electron chi connectivity index (χ3n) is 7.90. The average molecular weight is 506 g/mol. The molecular weight excluding hydrogens is 467 g/mol. The molecule has 3 aliphatic heterocycles. The number of halogens is 3. The maximum absolute atomic E-state index is 12.8. The van der Waals surface area contributed by atoms with Crippen molar-refractivity contribution >= 4 is 12.3 Å². The van der Waals surface area contributed by atoms with Gasteiger partial charge in [-0.25, -0.2) is 4.79 Å². The molecule has 0 aliphatic carbocycles. The van der Waals surface area contributed by atoms with Crippen molar-refractivity contribution in [3.05, 3.63) is 11.8 Å². The molecule has 35 heavy (non-hydrogen) atoms. The number of hydrogen-bond acceptors (Lipinski definition) is 7. The maximum Gasteiger partial charge on any atom is 0.427 e. The normalized spacial score (nSPS) is 27.5. The molecule has 3 aliphatic rings. The summed E-state index contributed by atoms with van der Waals surface area (Å²) in [7, 11) is 1.89. The molecular formula is C24H38F3N3O5. The minimum atomic E-state index is -4.82. The molecule has 0 radical (unpaired) electrons. The van der Waals surface area contributed by atoms with Crippen molar-refractivity contribution in [3.63, 3.8) is 0 Å². The number of rotatable bonds is 7. The van der Waals surface area contributed by atoms with Gasteiger partial charge in [-0.2, -0.15) is 13.2 Å². The van der Waals surface area contributed by atoms with Gasteiger partial charge < -0.3 is 24.6 Å². The Hall–Kier alpha value is -1.69. The minimum Gasteiger partial charge on any atom is -0.434 e. The lowest BCUT2D eigenvalue weighted by molar-refractivity contribution is -0.215. The molecule has 0 aromatic heterocycles. The largest absolute Gasteiger partial charge is 0.434 e. The number of likely N-dealkylation sites (N-methyl/N-ethyl adjacent to an activating group) is 1. The predicted molar refractivity (Wildman–Crippen MR) is 124 cm³/mol. The molecule has 3 unspecified atom stereocenters. The molecule has 8 nitrogen and oxygen atoms in total. The first kappa shape index (κ1) is 27.9. The number of likely N-dealkylation sites (tertiary alicyclic amines) is 1. The number of carbonyl (C=O) groups excluding carboxylic acids is 1. The van der Waals surface area contributed by atoms with Crippen LogP contribution in [0.25, 0.3) is 0 Å². The van der Waals surface area contributed by atoms with E-state index in [4.69, 9.17) is 9.84 Å². The number of aliphatic imine (C=N–C) groups is 1. The van der Waals surface area contributed by atoms with Crippen LogP contribution in [0.5, 0.6) is 0 Å². The summed E-state index contributed by atoms with van der Waals surface area (Å²) < 4.78 is 49.1. The molecule has 2 fully saturated rings. The van der Waals surface area contributed by atoms with Crippen LogP contribution in [0.15, 0.2) is 16.8 Å². The van der Waals surface area contributed by atoms with Gasteiger partial charge in [0, 0.05) is 31.5 Å². The summed E-state index contributed by atoms with van der Waals surface area (Å²) in [6.45, 7) is 3.58. The molecule has 0 aromatic carbocycles. The zero-order chi connectivity index (χ0) is 25.9. The van der Waals surface area contributed by atoms with E-state index in [1.54, 1.807) is 6.20 Å². The van der Waals surface area contributed by atoms with Crippen LogP contribution in [0.3, 0.4) is 0 Å². The second kappa shape index (κ2) is 11.1. The van der Waals surface area contributed by atoms with Gasteiger partial charge in [-0.05, 0) is 57.1 Å². The highest BCUT2D eigenvalue weighted by Crippen LogP contribution is 2.41. The fourth-order valence-electron chi connectivity index (χ4n) is 5.30. The molecule has 2 saturated heterocycles.